The number of rotatable bonds is 5. The molecule has 4 rings (SSSR count). The monoisotopic (exact) mass is 444 g/mol. The molecule has 166 valence electrons. The van der Waals surface area contributed by atoms with Gasteiger partial charge in [0, 0.05) is 32.5 Å². The summed E-state index contributed by atoms with van der Waals surface area (Å²) in [5, 5.41) is 11.0. The fourth-order valence-electron chi connectivity index (χ4n) is 4.73. The van der Waals surface area contributed by atoms with Gasteiger partial charge >= 0.3 is 6.09 Å². The number of nitrogens with zero attached hydrogens (tertiary/aromatic N) is 4. The van der Waals surface area contributed by atoms with Crippen molar-refractivity contribution in [1.29, 1.82) is 0 Å². The van der Waals surface area contributed by atoms with Gasteiger partial charge in [-0.2, -0.15) is 0 Å². The van der Waals surface area contributed by atoms with Crippen LogP contribution in [0.1, 0.15) is 45.1 Å². The predicted molar refractivity (Wildman–Crippen MR) is 119 cm³/mol. The topological polar surface area (TPSA) is 78.8 Å². The van der Waals surface area contributed by atoms with Crippen LogP contribution in [0.4, 0.5) is 10.7 Å². The first kappa shape index (κ1) is 21.8. The highest BCUT2D eigenvalue weighted by molar-refractivity contribution is 6.30. The Morgan fingerprint density at radius 1 is 1.23 bits per heavy atom. The Bertz CT molecular complexity index is 903. The quantitative estimate of drug-likeness (QED) is 0.751. The van der Waals surface area contributed by atoms with Gasteiger partial charge in [-0.05, 0) is 32.3 Å². The highest BCUT2D eigenvalue weighted by Crippen LogP contribution is 2.41. The molecule has 2 saturated heterocycles. The standard InChI is InChI=1S/C23H29ClN4O3/c1-22(2,30)16-23(17-7-4-3-5-8-17)10-12-28(21(29)31-23)19-9-6-11-27(15-19)20-25-13-18(24)14-26-20/h3-5,7-8,13-14,19,30H,6,9-12,15-16H2,1-2H3/t19-,23-/m0/s1. The third-order valence-corrected chi connectivity index (χ3v) is 6.21. The largest absolute Gasteiger partial charge is 0.438 e. The number of hydrogen-bond donors (Lipinski definition) is 1. The zero-order chi connectivity index (χ0) is 22.1. The van der Waals surface area contributed by atoms with Crippen LogP contribution in [-0.4, -0.2) is 57.3 Å². The molecule has 0 saturated carbocycles. The first-order chi connectivity index (χ1) is 14.8. The summed E-state index contributed by atoms with van der Waals surface area (Å²) in [6.45, 7) is 5.57. The molecule has 31 heavy (non-hydrogen) atoms. The van der Waals surface area contributed by atoms with Crippen molar-refractivity contribution in [3.63, 3.8) is 0 Å². The third kappa shape index (κ3) is 4.93. The summed E-state index contributed by atoms with van der Waals surface area (Å²) in [6, 6.07) is 9.77. The second-order valence-corrected chi connectivity index (χ2v) is 9.54. The van der Waals surface area contributed by atoms with Crippen molar-refractivity contribution in [2.45, 2.75) is 56.8 Å². The number of benzene rings is 1. The number of hydrogen-bond acceptors (Lipinski definition) is 6. The van der Waals surface area contributed by atoms with Crippen molar-refractivity contribution in [3.05, 3.63) is 53.3 Å². The molecule has 0 unspecified atom stereocenters. The normalized spacial score (nSPS) is 24.8. The number of aromatic nitrogens is 2. The van der Waals surface area contributed by atoms with Gasteiger partial charge in [0.2, 0.25) is 5.95 Å². The maximum Gasteiger partial charge on any atom is 0.410 e. The Kier molecular flexibility index (Phi) is 6.08. The summed E-state index contributed by atoms with van der Waals surface area (Å²) >= 11 is 5.91. The lowest BCUT2D eigenvalue weighted by molar-refractivity contribution is -0.102. The minimum atomic E-state index is -0.966. The SMILES string of the molecule is CC(C)(O)C[C@]1(c2ccccc2)CCN([C@H]2CCCN(c3ncc(Cl)cn3)C2)C(=O)O1. The van der Waals surface area contributed by atoms with E-state index in [0.717, 1.165) is 24.9 Å². The number of piperidine rings is 1. The molecule has 2 fully saturated rings. The first-order valence-corrected chi connectivity index (χ1v) is 11.1. The average Bonchev–Trinajstić information content (AvgIpc) is 2.74. The molecule has 2 aromatic rings. The number of aliphatic hydroxyl groups is 1. The molecular weight excluding hydrogens is 416 g/mol. The van der Waals surface area contributed by atoms with Crippen molar-refractivity contribution in [3.8, 4) is 0 Å². The van der Waals surface area contributed by atoms with Crippen molar-refractivity contribution >= 4 is 23.6 Å². The lowest BCUT2D eigenvalue weighted by Gasteiger charge is -2.47. The van der Waals surface area contributed by atoms with Crippen LogP contribution in [0.3, 0.4) is 0 Å². The molecule has 2 aliphatic rings. The van der Waals surface area contributed by atoms with Crippen LogP contribution in [0.5, 0.6) is 0 Å². The minimum absolute atomic E-state index is 0.0245. The number of carbonyl (C=O) groups excluding carboxylic acids is 1. The molecule has 1 aromatic carbocycles. The van der Waals surface area contributed by atoms with Crippen molar-refractivity contribution in [1.82, 2.24) is 14.9 Å². The number of cyclic esters (lactones) is 1. The summed E-state index contributed by atoms with van der Waals surface area (Å²) in [7, 11) is 0. The van der Waals surface area contributed by atoms with Gasteiger partial charge in [-0.3, -0.25) is 0 Å². The smallest absolute Gasteiger partial charge is 0.410 e. The van der Waals surface area contributed by atoms with Crippen molar-refractivity contribution in [2.75, 3.05) is 24.5 Å². The lowest BCUT2D eigenvalue weighted by Crippen LogP contribution is -2.57. The second kappa shape index (κ2) is 8.63. The third-order valence-electron chi connectivity index (χ3n) is 6.02. The lowest BCUT2D eigenvalue weighted by atomic mass is 9.80. The zero-order valence-electron chi connectivity index (χ0n) is 18.0. The number of halogens is 1. The first-order valence-electron chi connectivity index (χ1n) is 10.8. The van der Waals surface area contributed by atoms with Crippen LogP contribution >= 0.6 is 11.6 Å². The Morgan fingerprint density at radius 2 is 1.94 bits per heavy atom. The van der Waals surface area contributed by atoms with Crippen LogP contribution in [0.25, 0.3) is 0 Å². The van der Waals surface area contributed by atoms with E-state index in [4.69, 9.17) is 16.3 Å². The highest BCUT2D eigenvalue weighted by Gasteiger charge is 2.47. The summed E-state index contributed by atoms with van der Waals surface area (Å²) < 4.78 is 6.12. The summed E-state index contributed by atoms with van der Waals surface area (Å²) in [5.41, 5.74) is -0.878. The van der Waals surface area contributed by atoms with E-state index in [1.54, 1.807) is 26.2 Å². The highest BCUT2D eigenvalue weighted by atomic mass is 35.5. The molecule has 0 aliphatic carbocycles. The predicted octanol–water partition coefficient (Wildman–Crippen LogP) is 4.00. The summed E-state index contributed by atoms with van der Waals surface area (Å²) in [6.07, 6.45) is 5.67. The van der Waals surface area contributed by atoms with E-state index < -0.39 is 11.2 Å². The van der Waals surface area contributed by atoms with Crippen LogP contribution in [-0.2, 0) is 10.3 Å². The van der Waals surface area contributed by atoms with Gasteiger partial charge in [-0.1, -0.05) is 41.9 Å². The van der Waals surface area contributed by atoms with Crippen molar-refractivity contribution < 1.29 is 14.6 Å². The van der Waals surface area contributed by atoms with Crippen LogP contribution in [0.15, 0.2) is 42.7 Å². The Morgan fingerprint density at radius 3 is 2.58 bits per heavy atom. The fourth-order valence-corrected chi connectivity index (χ4v) is 4.83. The molecule has 0 spiro atoms. The Labute approximate surface area is 188 Å². The molecule has 8 heteroatoms. The molecule has 1 amide bonds. The second-order valence-electron chi connectivity index (χ2n) is 9.10. The number of carbonyl (C=O) groups is 1. The van der Waals surface area contributed by atoms with E-state index in [-0.39, 0.29) is 12.1 Å². The molecule has 2 aliphatic heterocycles. The summed E-state index contributed by atoms with van der Waals surface area (Å²) in [4.78, 5) is 25.8. The molecule has 7 nitrogen and oxygen atoms in total. The van der Waals surface area contributed by atoms with E-state index in [2.05, 4.69) is 14.9 Å². The Balaban J connectivity index is 1.51. The van der Waals surface area contributed by atoms with Crippen LogP contribution in [0.2, 0.25) is 5.02 Å². The van der Waals surface area contributed by atoms with Gasteiger partial charge in [-0.25, -0.2) is 14.8 Å². The summed E-state index contributed by atoms with van der Waals surface area (Å²) in [5.74, 6) is 0.625. The number of anilines is 1. The van der Waals surface area contributed by atoms with E-state index in [9.17, 15) is 9.90 Å². The van der Waals surface area contributed by atoms with E-state index >= 15 is 0 Å². The van der Waals surface area contributed by atoms with Gasteiger partial charge in [0.05, 0.1) is 29.1 Å². The number of ether oxygens (including phenoxy) is 1. The molecule has 0 bridgehead atoms. The zero-order valence-corrected chi connectivity index (χ0v) is 18.8. The van der Waals surface area contributed by atoms with Gasteiger partial charge in [0.1, 0.15) is 5.60 Å². The maximum absolute atomic E-state index is 13.2. The Hall–Kier alpha value is -2.38. The van der Waals surface area contributed by atoms with E-state index in [1.807, 2.05) is 35.2 Å². The van der Waals surface area contributed by atoms with Crippen LogP contribution in [0, 0.1) is 0 Å². The fraction of sp³-hybridized carbons (Fsp3) is 0.522. The maximum atomic E-state index is 13.2. The van der Waals surface area contributed by atoms with Gasteiger partial charge in [-0.15, -0.1) is 0 Å². The van der Waals surface area contributed by atoms with Gasteiger partial charge < -0.3 is 19.6 Å². The minimum Gasteiger partial charge on any atom is -0.438 e. The molecular formula is C23H29ClN4O3. The molecule has 1 aromatic heterocycles. The molecule has 2 atom stereocenters. The van der Waals surface area contributed by atoms with E-state index in [0.29, 0.717) is 36.9 Å². The van der Waals surface area contributed by atoms with Crippen LogP contribution < -0.4 is 4.90 Å². The van der Waals surface area contributed by atoms with E-state index in [1.165, 1.54) is 0 Å². The van der Waals surface area contributed by atoms with Gasteiger partial charge in [0.25, 0.3) is 0 Å². The molecule has 3 heterocycles. The number of amides is 1. The van der Waals surface area contributed by atoms with Gasteiger partial charge in [0.15, 0.2) is 0 Å². The molecule has 0 radical (unpaired) electrons. The molecule has 1 N–H and O–H groups in total. The average molecular weight is 445 g/mol. The van der Waals surface area contributed by atoms with Crippen molar-refractivity contribution in [2.24, 2.45) is 0 Å².